The van der Waals surface area contributed by atoms with Crippen molar-refractivity contribution in [1.82, 2.24) is 4.57 Å². The van der Waals surface area contributed by atoms with Gasteiger partial charge in [-0.3, -0.25) is 9.36 Å². The van der Waals surface area contributed by atoms with E-state index in [1.807, 2.05) is 22.8 Å². The molecule has 33 heavy (non-hydrogen) atoms. The minimum absolute atomic E-state index is 0.0294. The van der Waals surface area contributed by atoms with Crippen molar-refractivity contribution in [2.24, 2.45) is 0 Å². The number of hydrogen-bond acceptors (Lipinski definition) is 2. The maximum Gasteiger partial charge on any atom is 0.228 e. The third kappa shape index (κ3) is 3.60. The molecule has 3 heteroatoms. The Morgan fingerprint density at radius 3 is 2.21 bits per heavy atom. The van der Waals surface area contributed by atoms with E-state index in [0.717, 1.165) is 32.9 Å². The largest absolute Gasteiger partial charge is 0.339 e. The van der Waals surface area contributed by atoms with Crippen LogP contribution in [0.2, 0.25) is 0 Å². The Kier molecular flexibility index (Phi) is 5.26. The van der Waals surface area contributed by atoms with Crippen LogP contribution in [0.3, 0.4) is 0 Å². The highest BCUT2D eigenvalue weighted by atomic mass is 16.1. The highest BCUT2D eigenvalue weighted by molar-refractivity contribution is 6.14. The Balaban J connectivity index is 1.66. The van der Waals surface area contributed by atoms with Gasteiger partial charge in [0.25, 0.3) is 0 Å². The van der Waals surface area contributed by atoms with Gasteiger partial charge in [0.05, 0.1) is 11.0 Å². The van der Waals surface area contributed by atoms with E-state index in [1.54, 1.807) is 6.92 Å². The normalized spacial score (nSPS) is 11.4. The molecule has 1 aromatic heterocycles. The number of para-hydroxylation sites is 2. The van der Waals surface area contributed by atoms with Crippen LogP contribution in [0.5, 0.6) is 0 Å². The summed E-state index contributed by atoms with van der Waals surface area (Å²) in [6.07, 6.45) is 0. The lowest BCUT2D eigenvalue weighted by atomic mass is 10.0. The molecule has 0 radical (unpaired) electrons. The second-order valence-corrected chi connectivity index (χ2v) is 8.90. The van der Waals surface area contributed by atoms with Gasteiger partial charge in [0, 0.05) is 35.1 Å². The summed E-state index contributed by atoms with van der Waals surface area (Å²) >= 11 is 0. The van der Waals surface area contributed by atoms with Gasteiger partial charge >= 0.3 is 0 Å². The standard InChI is InChI=1S/C30H28N2O/c1-20(2)31(28-14-7-5-10-21(28)3)25-12-9-11-23(18-25)24-16-17-30-27(19-24)26-13-6-8-15-29(26)32(30)22(4)33/h5-20H,1-4H3. The summed E-state index contributed by atoms with van der Waals surface area (Å²) in [7, 11) is 0. The average Bonchev–Trinajstić information content (AvgIpc) is 3.14. The van der Waals surface area contributed by atoms with Crippen molar-refractivity contribution in [2.45, 2.75) is 33.7 Å². The number of nitrogens with zero attached hydrogens (tertiary/aromatic N) is 2. The predicted molar refractivity (Wildman–Crippen MR) is 140 cm³/mol. The first kappa shape index (κ1) is 21.0. The highest BCUT2D eigenvalue weighted by Crippen LogP contribution is 2.36. The molecule has 0 fully saturated rings. The van der Waals surface area contributed by atoms with Crippen molar-refractivity contribution >= 4 is 39.1 Å². The molecule has 164 valence electrons. The second-order valence-electron chi connectivity index (χ2n) is 8.90. The van der Waals surface area contributed by atoms with Crippen LogP contribution in [0.15, 0.2) is 91.0 Å². The van der Waals surface area contributed by atoms with Crippen LogP contribution in [-0.2, 0) is 0 Å². The fourth-order valence-corrected chi connectivity index (χ4v) is 4.88. The fourth-order valence-electron chi connectivity index (χ4n) is 4.88. The van der Waals surface area contributed by atoms with E-state index in [2.05, 4.69) is 98.5 Å². The summed E-state index contributed by atoms with van der Waals surface area (Å²) < 4.78 is 1.81. The molecule has 0 unspecified atom stereocenters. The van der Waals surface area contributed by atoms with Crippen molar-refractivity contribution < 1.29 is 4.79 Å². The number of carbonyl (C=O) groups excluding carboxylic acids is 1. The summed E-state index contributed by atoms with van der Waals surface area (Å²) in [5.74, 6) is 0.0294. The number of anilines is 2. The van der Waals surface area contributed by atoms with E-state index < -0.39 is 0 Å². The number of aryl methyl sites for hydroxylation is 1. The third-order valence-corrected chi connectivity index (χ3v) is 6.34. The zero-order valence-corrected chi connectivity index (χ0v) is 19.5. The molecule has 0 atom stereocenters. The number of rotatable bonds is 4. The summed E-state index contributed by atoms with van der Waals surface area (Å²) in [6.45, 7) is 8.23. The van der Waals surface area contributed by atoms with Gasteiger partial charge in [0.1, 0.15) is 0 Å². The first-order chi connectivity index (χ1) is 16.0. The van der Waals surface area contributed by atoms with Gasteiger partial charge in [0.15, 0.2) is 0 Å². The molecule has 4 aromatic carbocycles. The Hall–Kier alpha value is -3.85. The summed E-state index contributed by atoms with van der Waals surface area (Å²) in [6, 6.07) is 32.1. The summed E-state index contributed by atoms with van der Waals surface area (Å²) in [4.78, 5) is 14.8. The summed E-state index contributed by atoms with van der Waals surface area (Å²) in [5, 5.41) is 2.20. The summed E-state index contributed by atoms with van der Waals surface area (Å²) in [5.41, 5.74) is 7.86. The Labute approximate surface area is 194 Å². The van der Waals surface area contributed by atoms with Gasteiger partial charge < -0.3 is 4.90 Å². The molecule has 0 amide bonds. The third-order valence-electron chi connectivity index (χ3n) is 6.34. The average molecular weight is 433 g/mol. The van der Waals surface area contributed by atoms with E-state index in [4.69, 9.17) is 0 Å². The zero-order chi connectivity index (χ0) is 23.1. The van der Waals surface area contributed by atoms with E-state index in [1.165, 1.54) is 16.9 Å². The van der Waals surface area contributed by atoms with Crippen LogP contribution in [-0.4, -0.2) is 16.5 Å². The molecule has 1 heterocycles. The minimum Gasteiger partial charge on any atom is -0.339 e. The first-order valence-corrected chi connectivity index (χ1v) is 11.4. The second kappa shape index (κ2) is 8.25. The van der Waals surface area contributed by atoms with Gasteiger partial charge in [-0.1, -0.05) is 54.6 Å². The molecule has 3 nitrogen and oxygen atoms in total. The molecule has 0 bridgehead atoms. The lowest BCUT2D eigenvalue weighted by molar-refractivity contribution is 0.0946. The van der Waals surface area contributed by atoms with Crippen molar-refractivity contribution in [1.29, 1.82) is 0 Å². The Morgan fingerprint density at radius 1 is 0.758 bits per heavy atom. The van der Waals surface area contributed by atoms with E-state index in [-0.39, 0.29) is 5.91 Å². The molecule has 0 saturated heterocycles. The molecule has 0 aliphatic rings. The van der Waals surface area contributed by atoms with Crippen LogP contribution >= 0.6 is 0 Å². The number of fused-ring (bicyclic) bond motifs is 3. The van der Waals surface area contributed by atoms with Crippen molar-refractivity contribution in [3.8, 4) is 11.1 Å². The molecular formula is C30H28N2O. The van der Waals surface area contributed by atoms with Crippen LogP contribution < -0.4 is 4.90 Å². The van der Waals surface area contributed by atoms with Crippen LogP contribution in [0.1, 0.15) is 31.1 Å². The number of carbonyl (C=O) groups is 1. The van der Waals surface area contributed by atoms with E-state index in [0.29, 0.717) is 6.04 Å². The predicted octanol–water partition coefficient (Wildman–Crippen LogP) is 7.98. The molecule has 0 aliphatic heterocycles. The number of aromatic nitrogens is 1. The number of benzene rings is 4. The topological polar surface area (TPSA) is 25.2 Å². The van der Waals surface area contributed by atoms with Crippen molar-refractivity contribution in [3.05, 3.63) is 96.6 Å². The Bertz CT molecular complexity index is 1490. The minimum atomic E-state index is 0.0294. The van der Waals surface area contributed by atoms with E-state index >= 15 is 0 Å². The molecule has 5 rings (SSSR count). The van der Waals surface area contributed by atoms with Gasteiger partial charge in [-0.15, -0.1) is 0 Å². The monoisotopic (exact) mass is 432 g/mol. The SMILES string of the molecule is CC(=O)n1c2ccccc2c2cc(-c3cccc(N(c4ccccc4C)C(C)C)c3)ccc21. The van der Waals surface area contributed by atoms with Gasteiger partial charge in [-0.05, 0) is 73.9 Å². The molecule has 0 aliphatic carbocycles. The van der Waals surface area contributed by atoms with Crippen molar-refractivity contribution in [3.63, 3.8) is 0 Å². The fraction of sp³-hybridized carbons (Fsp3) is 0.167. The van der Waals surface area contributed by atoms with Crippen LogP contribution in [0.4, 0.5) is 11.4 Å². The van der Waals surface area contributed by atoms with E-state index in [9.17, 15) is 4.79 Å². The zero-order valence-electron chi connectivity index (χ0n) is 19.5. The molecule has 0 spiro atoms. The molecule has 0 N–H and O–H groups in total. The smallest absolute Gasteiger partial charge is 0.228 e. The maximum absolute atomic E-state index is 12.4. The molecule has 5 aromatic rings. The lowest BCUT2D eigenvalue weighted by Crippen LogP contribution is -2.26. The Morgan fingerprint density at radius 2 is 1.45 bits per heavy atom. The van der Waals surface area contributed by atoms with Gasteiger partial charge in [-0.25, -0.2) is 0 Å². The number of hydrogen-bond donors (Lipinski definition) is 0. The highest BCUT2D eigenvalue weighted by Gasteiger charge is 2.17. The van der Waals surface area contributed by atoms with Crippen LogP contribution in [0, 0.1) is 6.92 Å². The molecular weight excluding hydrogens is 404 g/mol. The quantitative estimate of drug-likeness (QED) is 0.288. The first-order valence-electron chi connectivity index (χ1n) is 11.4. The van der Waals surface area contributed by atoms with Gasteiger partial charge in [-0.2, -0.15) is 0 Å². The van der Waals surface area contributed by atoms with Crippen molar-refractivity contribution in [2.75, 3.05) is 4.90 Å². The maximum atomic E-state index is 12.4. The van der Waals surface area contributed by atoms with Crippen LogP contribution in [0.25, 0.3) is 32.9 Å². The van der Waals surface area contributed by atoms with Gasteiger partial charge in [0.2, 0.25) is 5.91 Å². The molecule has 0 saturated carbocycles. The lowest BCUT2D eigenvalue weighted by Gasteiger charge is -2.31.